The second kappa shape index (κ2) is 22.3. The summed E-state index contributed by atoms with van der Waals surface area (Å²) in [7, 11) is 0. The third-order valence-electron chi connectivity index (χ3n) is 8.03. The number of rotatable bonds is 9. The molecule has 0 saturated carbocycles. The number of nitrogens with one attached hydrogen (secondary N) is 2. The van der Waals surface area contributed by atoms with Gasteiger partial charge in [0.25, 0.3) is 0 Å². The number of Topliss-reactive ketones (excluding diaryl/α,β-unsaturated/α-hetero) is 2. The Morgan fingerprint density at radius 2 is 1.38 bits per heavy atom. The van der Waals surface area contributed by atoms with Crippen molar-refractivity contribution < 1.29 is 31.6 Å². The molecule has 0 radical (unpaired) electrons. The van der Waals surface area contributed by atoms with Gasteiger partial charge in [0.05, 0.1) is 0 Å². The van der Waals surface area contributed by atoms with Gasteiger partial charge in [-0.2, -0.15) is 0 Å². The topological polar surface area (TPSA) is 122 Å². The van der Waals surface area contributed by atoms with E-state index < -0.39 is 0 Å². The molecule has 4 unspecified atom stereocenters. The number of likely N-dealkylation sites (tertiary alicyclic amines) is 1. The highest BCUT2D eigenvalue weighted by Crippen LogP contribution is 2.26. The highest BCUT2D eigenvalue weighted by molar-refractivity contribution is 5.85. The summed E-state index contributed by atoms with van der Waals surface area (Å²) in [4.78, 5) is 47.7. The minimum absolute atomic E-state index is 0. The summed E-state index contributed by atoms with van der Waals surface area (Å²) >= 11 is 0. The molecule has 0 spiro atoms. The van der Waals surface area contributed by atoms with Gasteiger partial charge in [-0.15, -0.1) is 12.4 Å². The standard InChI is InChI=1S/C16H30N2O2.C11H21NO.C5H9NO.2ClH/c1-11(2)9-13(17)10-15(12(3)4)16(20)18-7-5-14(19)6-8-18;1-7(2)5-9-6-10(8(3)4)11(13)12-9;7-5-1-3-6-4-2-5;;/h11-13,15H,5-10,17H2,1-4H3;7-10H,5-6H2,1-4H3,(H,12,13);6H,1-4H2;2*1H/p-1. The number of amides is 2. The highest BCUT2D eigenvalue weighted by Gasteiger charge is 2.34. The van der Waals surface area contributed by atoms with Gasteiger partial charge in [0, 0.05) is 75.8 Å². The SMILES string of the molecule is CC(C)CC(N)CC(C(=O)N1CCC(=O)CC1)C(C)C.CC(C)CC1CC(C(C)C)C(=O)N1.Cl.O=C1CCNCC1.[Cl-]. The van der Waals surface area contributed by atoms with Crippen molar-refractivity contribution in [2.24, 2.45) is 41.2 Å². The van der Waals surface area contributed by atoms with Gasteiger partial charge in [-0.25, -0.2) is 0 Å². The Hall–Kier alpha value is -1.22. The van der Waals surface area contributed by atoms with Gasteiger partial charge in [-0.1, -0.05) is 55.4 Å². The predicted octanol–water partition coefficient (Wildman–Crippen LogP) is 1.77. The quantitative estimate of drug-likeness (QED) is 0.355. The first-order valence-electron chi connectivity index (χ1n) is 15.8. The predicted molar refractivity (Wildman–Crippen MR) is 170 cm³/mol. The van der Waals surface area contributed by atoms with E-state index in [1.807, 2.05) is 4.90 Å². The van der Waals surface area contributed by atoms with Crippen LogP contribution in [0.15, 0.2) is 0 Å². The Morgan fingerprint density at radius 3 is 1.76 bits per heavy atom. The van der Waals surface area contributed by atoms with E-state index in [0.29, 0.717) is 61.4 Å². The summed E-state index contributed by atoms with van der Waals surface area (Å²) in [5.74, 6) is 3.37. The summed E-state index contributed by atoms with van der Waals surface area (Å²) in [6.45, 7) is 20.1. The molecule has 3 aliphatic heterocycles. The fourth-order valence-electron chi connectivity index (χ4n) is 5.68. The van der Waals surface area contributed by atoms with Crippen molar-refractivity contribution in [3.63, 3.8) is 0 Å². The highest BCUT2D eigenvalue weighted by atomic mass is 35.5. The summed E-state index contributed by atoms with van der Waals surface area (Å²) in [5, 5.41) is 6.17. The van der Waals surface area contributed by atoms with E-state index in [-0.39, 0.29) is 60.3 Å². The van der Waals surface area contributed by atoms with Gasteiger partial charge >= 0.3 is 0 Å². The molecular formula is C32H61Cl2N4O4-. The van der Waals surface area contributed by atoms with Crippen LogP contribution in [-0.4, -0.2) is 66.5 Å². The Morgan fingerprint density at radius 1 is 0.857 bits per heavy atom. The van der Waals surface area contributed by atoms with Crippen molar-refractivity contribution in [1.29, 1.82) is 0 Å². The molecule has 3 saturated heterocycles. The fraction of sp³-hybridized carbons (Fsp3) is 0.875. The molecule has 248 valence electrons. The van der Waals surface area contributed by atoms with Crippen LogP contribution in [-0.2, 0) is 19.2 Å². The maximum Gasteiger partial charge on any atom is 0.226 e. The summed E-state index contributed by atoms with van der Waals surface area (Å²) < 4.78 is 0. The average Bonchev–Trinajstić information content (AvgIpc) is 3.23. The van der Waals surface area contributed by atoms with Gasteiger partial charge in [0.2, 0.25) is 11.8 Å². The third kappa shape index (κ3) is 17.2. The number of nitrogens with two attached hydrogens (primary N) is 1. The van der Waals surface area contributed by atoms with E-state index in [0.717, 1.165) is 51.6 Å². The van der Waals surface area contributed by atoms with Gasteiger partial charge in [0.1, 0.15) is 11.6 Å². The Kier molecular flexibility index (Phi) is 22.8. The molecule has 0 aromatic heterocycles. The van der Waals surface area contributed by atoms with Crippen molar-refractivity contribution in [2.45, 2.75) is 119 Å². The smallest absolute Gasteiger partial charge is 0.226 e. The van der Waals surface area contributed by atoms with Crippen LogP contribution in [0, 0.1) is 35.5 Å². The molecule has 4 atom stereocenters. The number of ketones is 2. The molecule has 0 aromatic rings. The molecule has 4 N–H and O–H groups in total. The minimum atomic E-state index is -0.0167. The zero-order chi connectivity index (χ0) is 30.4. The number of nitrogens with zero attached hydrogens (tertiary/aromatic N) is 1. The van der Waals surface area contributed by atoms with Crippen molar-refractivity contribution in [2.75, 3.05) is 26.2 Å². The molecule has 3 aliphatic rings. The Balaban J connectivity index is 0. The van der Waals surface area contributed by atoms with E-state index >= 15 is 0 Å². The maximum absolute atomic E-state index is 12.6. The Bertz CT molecular complexity index is 789. The van der Waals surface area contributed by atoms with Crippen LogP contribution in [0.1, 0.15) is 107 Å². The molecule has 8 nitrogen and oxygen atoms in total. The molecule has 0 aromatic carbocycles. The van der Waals surface area contributed by atoms with Gasteiger partial charge in [0.15, 0.2) is 0 Å². The lowest BCUT2D eigenvalue weighted by atomic mass is 9.85. The molecular weight excluding hydrogens is 575 g/mol. The maximum atomic E-state index is 12.6. The molecule has 3 fully saturated rings. The van der Waals surface area contributed by atoms with E-state index in [9.17, 15) is 19.2 Å². The van der Waals surface area contributed by atoms with Crippen LogP contribution in [0.3, 0.4) is 0 Å². The van der Waals surface area contributed by atoms with Crippen LogP contribution >= 0.6 is 12.4 Å². The van der Waals surface area contributed by atoms with Gasteiger partial charge < -0.3 is 33.7 Å². The zero-order valence-electron chi connectivity index (χ0n) is 27.5. The van der Waals surface area contributed by atoms with E-state index in [1.54, 1.807) is 0 Å². The summed E-state index contributed by atoms with van der Waals surface area (Å²) in [5.41, 5.74) is 6.18. The lowest BCUT2D eigenvalue weighted by molar-refractivity contribution is -0.140. The molecule has 3 rings (SSSR count). The molecule has 10 heteroatoms. The zero-order valence-corrected chi connectivity index (χ0v) is 29.1. The van der Waals surface area contributed by atoms with E-state index in [4.69, 9.17) is 5.73 Å². The van der Waals surface area contributed by atoms with Crippen molar-refractivity contribution >= 4 is 35.8 Å². The molecule has 2 amide bonds. The van der Waals surface area contributed by atoms with Crippen LogP contribution in [0.5, 0.6) is 0 Å². The molecule has 0 bridgehead atoms. The first-order chi connectivity index (χ1) is 18.7. The van der Waals surface area contributed by atoms with Crippen LogP contribution in [0.25, 0.3) is 0 Å². The number of halogens is 2. The molecule has 42 heavy (non-hydrogen) atoms. The van der Waals surface area contributed by atoms with Crippen molar-refractivity contribution in [3.05, 3.63) is 0 Å². The van der Waals surface area contributed by atoms with Crippen LogP contribution in [0.2, 0.25) is 0 Å². The first kappa shape index (κ1) is 42.9. The number of carbonyl (C=O) groups excluding carboxylic acids is 4. The third-order valence-corrected chi connectivity index (χ3v) is 8.03. The van der Waals surface area contributed by atoms with E-state index in [2.05, 4.69) is 66.0 Å². The lowest BCUT2D eigenvalue weighted by Crippen LogP contribution is -3.00. The molecule has 0 aliphatic carbocycles. The van der Waals surface area contributed by atoms with Crippen LogP contribution in [0.4, 0.5) is 0 Å². The summed E-state index contributed by atoms with van der Waals surface area (Å²) in [6, 6.07) is 0.512. The normalized spacial score (nSPS) is 21.9. The van der Waals surface area contributed by atoms with Crippen molar-refractivity contribution in [1.82, 2.24) is 15.5 Å². The molecule has 3 heterocycles. The number of hydrogen-bond acceptors (Lipinski definition) is 6. The second-order valence-corrected chi connectivity index (χ2v) is 13.5. The van der Waals surface area contributed by atoms with Gasteiger partial charge in [-0.3, -0.25) is 19.2 Å². The fourth-order valence-corrected chi connectivity index (χ4v) is 5.68. The largest absolute Gasteiger partial charge is 1.00 e. The van der Waals surface area contributed by atoms with Crippen LogP contribution < -0.4 is 28.8 Å². The average molecular weight is 637 g/mol. The number of piperidine rings is 2. The lowest BCUT2D eigenvalue weighted by Gasteiger charge is -2.32. The Labute approximate surface area is 268 Å². The first-order valence-corrected chi connectivity index (χ1v) is 15.8. The number of carbonyl (C=O) groups is 4. The second-order valence-electron chi connectivity index (χ2n) is 13.5. The number of hydrogen-bond donors (Lipinski definition) is 3. The summed E-state index contributed by atoms with van der Waals surface area (Å²) in [6.07, 6.45) is 6.35. The van der Waals surface area contributed by atoms with E-state index in [1.165, 1.54) is 0 Å². The minimum Gasteiger partial charge on any atom is -1.00 e. The van der Waals surface area contributed by atoms with Gasteiger partial charge in [-0.05, 0) is 49.4 Å². The van der Waals surface area contributed by atoms with Crippen molar-refractivity contribution in [3.8, 4) is 0 Å². The monoisotopic (exact) mass is 635 g/mol.